The zero-order valence-corrected chi connectivity index (χ0v) is 15.7. The molecule has 2 saturated heterocycles. The molecule has 0 spiro atoms. The van der Waals surface area contributed by atoms with Gasteiger partial charge >= 0.3 is 0 Å². The maximum absolute atomic E-state index is 13.1. The number of hydrogen-bond acceptors (Lipinski definition) is 3. The van der Waals surface area contributed by atoms with E-state index in [1.165, 1.54) is 25.9 Å². The largest absolute Gasteiger partial charge is 0.337 e. The number of likely N-dealkylation sites (tertiary alicyclic amines) is 2. The first-order valence-corrected chi connectivity index (χ1v) is 9.65. The Hall–Kier alpha value is -2.14. The first-order chi connectivity index (χ1) is 12.5. The Morgan fingerprint density at radius 3 is 2.31 bits per heavy atom. The van der Waals surface area contributed by atoms with Gasteiger partial charge < -0.3 is 9.88 Å². The van der Waals surface area contributed by atoms with Gasteiger partial charge in [0.2, 0.25) is 0 Å². The normalized spacial score (nSPS) is 20.6. The molecule has 1 aromatic heterocycles. The third-order valence-corrected chi connectivity index (χ3v) is 6.40. The van der Waals surface area contributed by atoms with Crippen molar-refractivity contribution in [3.05, 3.63) is 45.9 Å². The van der Waals surface area contributed by atoms with Gasteiger partial charge in [-0.05, 0) is 69.6 Å². The SMILES string of the molecule is Cc1c(C(=O)N2CCC(C)(N3CCCC3)CC2)[nH]c(=O)c2ccccc12. The molecule has 0 aliphatic carbocycles. The van der Waals surface area contributed by atoms with Crippen molar-refractivity contribution in [1.82, 2.24) is 14.8 Å². The Morgan fingerprint density at radius 2 is 1.65 bits per heavy atom. The average Bonchev–Trinajstić information content (AvgIpc) is 3.20. The third-order valence-electron chi connectivity index (χ3n) is 6.40. The van der Waals surface area contributed by atoms with Crippen molar-refractivity contribution in [2.24, 2.45) is 0 Å². The van der Waals surface area contributed by atoms with E-state index in [2.05, 4.69) is 16.8 Å². The van der Waals surface area contributed by atoms with Crippen molar-refractivity contribution in [1.29, 1.82) is 0 Å². The van der Waals surface area contributed by atoms with Crippen LogP contribution >= 0.6 is 0 Å². The van der Waals surface area contributed by atoms with Gasteiger partial charge in [-0.15, -0.1) is 0 Å². The van der Waals surface area contributed by atoms with Crippen LogP contribution in [0, 0.1) is 6.92 Å². The minimum absolute atomic E-state index is 0.0474. The van der Waals surface area contributed by atoms with Gasteiger partial charge in [0.1, 0.15) is 5.69 Å². The van der Waals surface area contributed by atoms with E-state index < -0.39 is 0 Å². The summed E-state index contributed by atoms with van der Waals surface area (Å²) in [5.74, 6) is -0.0474. The van der Waals surface area contributed by atoms with Crippen LogP contribution in [0.1, 0.15) is 48.7 Å². The Kier molecular flexibility index (Phi) is 4.35. The highest BCUT2D eigenvalue weighted by atomic mass is 16.2. The predicted molar refractivity (Wildman–Crippen MR) is 104 cm³/mol. The third kappa shape index (κ3) is 2.84. The molecule has 26 heavy (non-hydrogen) atoms. The summed E-state index contributed by atoms with van der Waals surface area (Å²) in [6.07, 6.45) is 4.57. The maximum atomic E-state index is 13.1. The molecule has 4 rings (SSSR count). The molecule has 2 fully saturated rings. The van der Waals surface area contributed by atoms with Crippen LogP contribution in [0.5, 0.6) is 0 Å². The Balaban J connectivity index is 1.57. The summed E-state index contributed by atoms with van der Waals surface area (Å²) in [4.78, 5) is 32.8. The van der Waals surface area contributed by atoms with Crippen molar-refractivity contribution in [3.8, 4) is 0 Å². The minimum Gasteiger partial charge on any atom is -0.337 e. The molecule has 138 valence electrons. The number of benzene rings is 1. The van der Waals surface area contributed by atoms with Crippen LogP contribution < -0.4 is 5.56 Å². The Morgan fingerprint density at radius 1 is 1.04 bits per heavy atom. The number of fused-ring (bicyclic) bond motifs is 1. The molecule has 1 N–H and O–H groups in total. The summed E-state index contributed by atoms with van der Waals surface area (Å²) >= 11 is 0. The molecule has 3 heterocycles. The fourth-order valence-corrected chi connectivity index (χ4v) is 4.55. The lowest BCUT2D eigenvalue weighted by Gasteiger charge is -2.45. The zero-order chi connectivity index (χ0) is 18.3. The average molecular weight is 353 g/mol. The van der Waals surface area contributed by atoms with Crippen molar-refractivity contribution in [2.45, 2.75) is 45.1 Å². The van der Waals surface area contributed by atoms with Gasteiger partial charge in [-0.3, -0.25) is 14.5 Å². The van der Waals surface area contributed by atoms with Gasteiger partial charge in [-0.2, -0.15) is 0 Å². The lowest BCUT2D eigenvalue weighted by molar-refractivity contribution is 0.0401. The first kappa shape index (κ1) is 17.3. The molecule has 5 heteroatoms. The summed E-state index contributed by atoms with van der Waals surface area (Å²) < 4.78 is 0. The van der Waals surface area contributed by atoms with Crippen LogP contribution in [0.3, 0.4) is 0 Å². The van der Waals surface area contributed by atoms with E-state index in [9.17, 15) is 9.59 Å². The Bertz CT molecular complexity index is 888. The second-order valence-corrected chi connectivity index (χ2v) is 7.98. The van der Waals surface area contributed by atoms with Crippen molar-refractivity contribution >= 4 is 16.7 Å². The highest BCUT2D eigenvalue weighted by molar-refractivity contribution is 5.99. The summed E-state index contributed by atoms with van der Waals surface area (Å²) in [5, 5.41) is 1.50. The van der Waals surface area contributed by atoms with E-state index in [0.29, 0.717) is 11.1 Å². The fourth-order valence-electron chi connectivity index (χ4n) is 4.55. The molecule has 0 atom stereocenters. The second-order valence-electron chi connectivity index (χ2n) is 7.98. The molecule has 2 aliphatic heterocycles. The number of piperidine rings is 1. The molecular weight excluding hydrogens is 326 g/mol. The van der Waals surface area contributed by atoms with Gasteiger partial charge in [-0.25, -0.2) is 0 Å². The number of nitrogens with one attached hydrogen (secondary N) is 1. The van der Waals surface area contributed by atoms with Crippen LogP contribution in [0.25, 0.3) is 10.8 Å². The van der Waals surface area contributed by atoms with E-state index in [1.54, 1.807) is 6.07 Å². The number of aromatic nitrogens is 1. The quantitative estimate of drug-likeness (QED) is 0.903. The standard InChI is InChI=1S/C21H27N3O2/c1-15-16-7-3-4-8-17(16)19(25)22-18(15)20(26)23-13-9-21(2,10-14-23)24-11-5-6-12-24/h3-4,7-8H,5-6,9-14H2,1-2H3,(H,22,25). The predicted octanol–water partition coefficient (Wildman–Crippen LogP) is 2.93. The monoisotopic (exact) mass is 353 g/mol. The molecular formula is C21H27N3O2. The lowest BCUT2D eigenvalue weighted by Crippen LogP contribution is -2.53. The molecule has 0 bridgehead atoms. The van der Waals surface area contributed by atoms with Gasteiger partial charge in [0, 0.05) is 24.0 Å². The number of carbonyl (C=O) groups is 1. The van der Waals surface area contributed by atoms with Crippen LogP contribution in [0.2, 0.25) is 0 Å². The number of nitrogens with zero attached hydrogens (tertiary/aromatic N) is 2. The number of aromatic amines is 1. The lowest BCUT2D eigenvalue weighted by atomic mass is 9.87. The highest BCUT2D eigenvalue weighted by Gasteiger charge is 2.38. The van der Waals surface area contributed by atoms with Crippen molar-refractivity contribution in [3.63, 3.8) is 0 Å². The highest BCUT2D eigenvalue weighted by Crippen LogP contribution is 2.32. The number of carbonyl (C=O) groups excluding carboxylic acids is 1. The Labute approximate surface area is 154 Å². The van der Waals surface area contributed by atoms with E-state index >= 15 is 0 Å². The van der Waals surface area contributed by atoms with Gasteiger partial charge in [0.25, 0.3) is 11.5 Å². The van der Waals surface area contributed by atoms with Crippen LogP contribution in [-0.2, 0) is 0 Å². The van der Waals surface area contributed by atoms with Crippen molar-refractivity contribution in [2.75, 3.05) is 26.2 Å². The smallest absolute Gasteiger partial charge is 0.270 e. The number of H-pyrrole nitrogens is 1. The van der Waals surface area contributed by atoms with Gasteiger partial charge in [-0.1, -0.05) is 18.2 Å². The number of rotatable bonds is 2. The van der Waals surface area contributed by atoms with Gasteiger partial charge in [0.05, 0.1) is 0 Å². The zero-order valence-electron chi connectivity index (χ0n) is 15.7. The summed E-state index contributed by atoms with van der Waals surface area (Å²) in [7, 11) is 0. The molecule has 2 aliphatic rings. The number of amides is 1. The van der Waals surface area contributed by atoms with E-state index in [1.807, 2.05) is 30.0 Å². The van der Waals surface area contributed by atoms with E-state index in [4.69, 9.17) is 0 Å². The number of pyridine rings is 1. The topological polar surface area (TPSA) is 56.4 Å². The second kappa shape index (κ2) is 6.54. The van der Waals surface area contributed by atoms with Crippen molar-refractivity contribution < 1.29 is 4.79 Å². The fraction of sp³-hybridized carbons (Fsp3) is 0.524. The molecule has 1 aromatic carbocycles. The molecule has 0 unspecified atom stereocenters. The summed E-state index contributed by atoms with van der Waals surface area (Å²) in [6.45, 7) is 8.12. The van der Waals surface area contributed by atoms with Crippen LogP contribution in [0.15, 0.2) is 29.1 Å². The molecule has 2 aromatic rings. The minimum atomic E-state index is -0.187. The maximum Gasteiger partial charge on any atom is 0.270 e. The van der Waals surface area contributed by atoms with Gasteiger partial charge in [0.15, 0.2) is 0 Å². The molecule has 5 nitrogen and oxygen atoms in total. The molecule has 0 radical (unpaired) electrons. The van der Waals surface area contributed by atoms with E-state index in [-0.39, 0.29) is 17.0 Å². The molecule has 1 amide bonds. The van der Waals surface area contributed by atoms with Crippen LogP contribution in [-0.4, -0.2) is 52.4 Å². The number of aryl methyl sites for hydroxylation is 1. The van der Waals surface area contributed by atoms with E-state index in [0.717, 1.165) is 36.9 Å². The van der Waals surface area contributed by atoms with Crippen LogP contribution in [0.4, 0.5) is 0 Å². The number of hydrogen-bond donors (Lipinski definition) is 1. The summed E-state index contributed by atoms with van der Waals surface area (Å²) in [5.41, 5.74) is 1.32. The molecule has 0 saturated carbocycles. The first-order valence-electron chi connectivity index (χ1n) is 9.65. The summed E-state index contributed by atoms with van der Waals surface area (Å²) in [6, 6.07) is 7.48.